The number of nitrogens with zero attached hydrogens (tertiary/aromatic N) is 16. The topological polar surface area (TPSA) is 511 Å². The number of carbonyl (C=O) groups is 12. The van der Waals surface area contributed by atoms with Crippen molar-refractivity contribution in [3.8, 4) is 0 Å². The molecule has 0 fully saturated rings. The molecule has 796 valence electrons. The van der Waals surface area contributed by atoms with E-state index in [0.717, 1.165) is 55.5 Å². The van der Waals surface area contributed by atoms with Crippen molar-refractivity contribution in [1.82, 2.24) is 80.3 Å². The molecule has 0 aliphatic carbocycles. The summed E-state index contributed by atoms with van der Waals surface area (Å²) in [5, 5.41) is 35.7. The molecule has 0 radical (unpaired) electrons. The molecule has 4 atom stereocenters. The minimum atomic E-state index is -1.26. The predicted octanol–water partition coefficient (Wildman–Crippen LogP) is 15.5. The maximum atomic E-state index is 14.8. The Morgan fingerprint density at radius 2 is 0.607 bits per heavy atom. The molecule has 8 amide bonds. The molecular weight excluding hydrogens is 2080 g/mol. The number of hydrogen-bond donors (Lipinski definition) is 8. The highest BCUT2D eigenvalue weighted by Crippen LogP contribution is 2.34. The molecule has 4 unspecified atom stereocenters. The number of pyridine rings is 4. The molecule has 0 saturated carbocycles. The molecule has 12 aromatic rings. The lowest BCUT2D eigenvalue weighted by Gasteiger charge is -2.22. The van der Waals surface area contributed by atoms with Crippen LogP contribution in [0.4, 0.5) is 87.2 Å². The summed E-state index contributed by atoms with van der Waals surface area (Å²) in [7, 11) is 12.0. The van der Waals surface area contributed by atoms with Crippen LogP contribution in [0.5, 0.6) is 0 Å². The van der Waals surface area contributed by atoms with Crippen molar-refractivity contribution in [3.05, 3.63) is 280 Å². The van der Waals surface area contributed by atoms with Crippen molar-refractivity contribution in [2.24, 2.45) is 0 Å². The number of anilines is 8. The lowest BCUT2D eigenvalue weighted by molar-refractivity contribution is -0.144. The summed E-state index contributed by atoms with van der Waals surface area (Å²) in [5.74, 6) is -8.97. The van der Waals surface area contributed by atoms with Crippen molar-refractivity contribution in [3.63, 3.8) is 0 Å². The Labute approximate surface area is 879 Å². The van der Waals surface area contributed by atoms with Gasteiger partial charge in [0.1, 0.15) is 66.5 Å². The second kappa shape index (κ2) is 55.8. The van der Waals surface area contributed by atoms with Crippen LogP contribution in [0.15, 0.2) is 158 Å². The van der Waals surface area contributed by atoms with Gasteiger partial charge in [0.2, 0.25) is 5.95 Å². The van der Waals surface area contributed by atoms with Gasteiger partial charge in [0.25, 0.3) is 23.6 Å². The summed E-state index contributed by atoms with van der Waals surface area (Å²) >= 11 is 30.6. The van der Waals surface area contributed by atoms with Crippen LogP contribution in [-0.4, -0.2) is 213 Å². The van der Waals surface area contributed by atoms with Crippen molar-refractivity contribution in [2.45, 2.75) is 107 Å². The molecule has 0 aliphatic heterocycles. The van der Waals surface area contributed by atoms with Gasteiger partial charge in [-0.05, 0) is 179 Å². The maximum Gasteiger partial charge on any atom is 0.417 e. The van der Waals surface area contributed by atoms with Gasteiger partial charge in [-0.2, -0.15) is 29.5 Å². The summed E-state index contributed by atoms with van der Waals surface area (Å²) in [4.78, 5) is 169. The van der Waals surface area contributed by atoms with Gasteiger partial charge in [-0.15, -0.1) is 0 Å². The third kappa shape index (κ3) is 32.6. The minimum Gasteiger partial charge on any atom is -0.460 e. The van der Waals surface area contributed by atoms with E-state index in [1.807, 2.05) is 13.8 Å². The molecule has 4 aromatic carbocycles. The number of carbonyl (C=O) groups excluding carboxylic acids is 12. The first-order valence-electron chi connectivity index (χ1n) is 44.7. The molecule has 0 spiro atoms. The van der Waals surface area contributed by atoms with Gasteiger partial charge in [0.05, 0.1) is 59.0 Å². The molecule has 8 N–H and O–H groups in total. The Morgan fingerprint density at radius 1 is 0.340 bits per heavy atom. The fraction of sp³-hybridized carbons (Fsp3) is 0.292. The Kier molecular flexibility index (Phi) is 43.7. The summed E-state index contributed by atoms with van der Waals surface area (Å²) in [6.07, 6.45) is -2.34. The molecule has 0 saturated heterocycles. The molecule has 0 bridgehead atoms. The highest BCUT2D eigenvalue weighted by atomic mass is 35.5. The third-order valence-corrected chi connectivity index (χ3v) is 22.1. The van der Waals surface area contributed by atoms with Crippen LogP contribution in [0.3, 0.4) is 0 Å². The van der Waals surface area contributed by atoms with Crippen molar-refractivity contribution in [1.29, 1.82) is 0 Å². The van der Waals surface area contributed by atoms with Gasteiger partial charge in [0.15, 0.2) is 69.6 Å². The van der Waals surface area contributed by atoms with E-state index >= 15 is 0 Å². The fourth-order valence-electron chi connectivity index (χ4n) is 12.9. The summed E-state index contributed by atoms with van der Waals surface area (Å²) < 4.78 is 118. The Hall–Kier alpha value is -15.9. The monoisotopic (exact) mass is 2180 g/mol. The summed E-state index contributed by atoms with van der Waals surface area (Å²) in [6, 6.07) is 33.7. The van der Waals surface area contributed by atoms with Crippen molar-refractivity contribution in [2.75, 3.05) is 123 Å². The van der Waals surface area contributed by atoms with Crippen molar-refractivity contribution < 1.29 is 117 Å². The molecule has 44 nitrogen and oxygen atoms in total. The lowest BCUT2D eigenvalue weighted by atomic mass is 10.2. The number of ether oxygens (including phenoxy) is 8. The number of amides is 8. The van der Waals surface area contributed by atoms with E-state index in [9.17, 15) is 79.5 Å². The molecular formula is C96H102Cl5F5N24O20. The van der Waals surface area contributed by atoms with E-state index in [4.69, 9.17) is 95.9 Å². The average Bonchev–Trinajstić information content (AvgIpc) is 1.65. The smallest absolute Gasteiger partial charge is 0.417 e. The normalized spacial score (nSPS) is 11.5. The first kappa shape index (κ1) is 118. The van der Waals surface area contributed by atoms with Crippen LogP contribution in [0.25, 0.3) is 0 Å². The number of aryl methyl sites for hydroxylation is 4. The van der Waals surface area contributed by atoms with Gasteiger partial charge in [-0.1, -0.05) is 107 Å². The molecule has 8 heterocycles. The van der Waals surface area contributed by atoms with Crippen LogP contribution < -0.4 is 62.1 Å². The number of nitrogens with one attached hydrogen (secondary N) is 8. The van der Waals surface area contributed by atoms with Crippen LogP contribution in [-0.2, 0) is 83.5 Å². The molecule has 12 rings (SSSR count). The van der Waals surface area contributed by atoms with Crippen molar-refractivity contribution >= 4 is 176 Å². The number of hydrogen-bond acceptors (Lipinski definition) is 32. The van der Waals surface area contributed by atoms with Gasteiger partial charge in [-0.25, -0.2) is 70.7 Å². The van der Waals surface area contributed by atoms with E-state index in [1.54, 1.807) is 139 Å². The second-order valence-electron chi connectivity index (χ2n) is 32.0. The van der Waals surface area contributed by atoms with E-state index in [0.29, 0.717) is 44.1 Å². The lowest BCUT2D eigenvalue weighted by Crippen LogP contribution is -2.31. The van der Waals surface area contributed by atoms with E-state index in [-0.39, 0.29) is 115 Å². The van der Waals surface area contributed by atoms with Gasteiger partial charge in [0, 0.05) is 87.4 Å². The van der Waals surface area contributed by atoms with E-state index in [1.165, 1.54) is 111 Å². The van der Waals surface area contributed by atoms with Crippen LogP contribution in [0.2, 0.25) is 25.5 Å². The SMILES string of the molecule is CNCC(=O)OCc1cccnc1N(C)C(=O)OC(C)n1nc(C(=O)Nc2ccc(C)cc2Cl)c(F)c1Cl.CNCC(=O)OCc1cccnc1N(C)C(=O)OC(C)n1nc(C(=O)Nc2ccc(C)cc2Cl)cc1F.CNCC(=O)OCc1cccnc1N(C)C(=O)OC(C)n1nc(C(=O)Nc2ccc(C)cc2F)c(F)c1Cl.CNCC(=O)OCc1cccnc1N(C)C(=O)OC(C)n1nc(C(=O)Nc2ccc(C)cc2F)cc1Cl. The number of halogens is 10. The Balaban J connectivity index is 0.000000222. The molecule has 0 aliphatic rings. The van der Waals surface area contributed by atoms with Crippen LogP contribution >= 0.6 is 58.0 Å². The zero-order valence-electron chi connectivity index (χ0n) is 83.1. The van der Waals surface area contributed by atoms with Crippen LogP contribution in [0, 0.1) is 56.9 Å². The van der Waals surface area contributed by atoms with Gasteiger partial charge >= 0.3 is 48.3 Å². The number of benzene rings is 4. The third-order valence-electron chi connectivity index (χ3n) is 20.5. The van der Waals surface area contributed by atoms with Gasteiger partial charge < -0.3 is 80.4 Å². The van der Waals surface area contributed by atoms with E-state index < -0.39 is 148 Å². The predicted molar refractivity (Wildman–Crippen MR) is 540 cm³/mol. The molecule has 54 heteroatoms. The molecule has 8 aromatic heterocycles. The maximum absolute atomic E-state index is 14.8. The number of aromatic nitrogens is 12. The van der Waals surface area contributed by atoms with Crippen LogP contribution in [0.1, 0.15) is 139 Å². The highest BCUT2D eigenvalue weighted by Gasteiger charge is 2.34. The first-order chi connectivity index (χ1) is 71.3. The Morgan fingerprint density at radius 3 is 0.913 bits per heavy atom. The van der Waals surface area contributed by atoms with E-state index in [2.05, 4.69) is 82.9 Å². The second-order valence-corrected chi connectivity index (χ2v) is 33.9. The van der Waals surface area contributed by atoms with Gasteiger partial charge in [-0.3, -0.25) is 58.0 Å². The minimum absolute atomic E-state index is 0.00610. The zero-order valence-corrected chi connectivity index (χ0v) is 86.9. The number of esters is 4. The standard InChI is InChI=1S/C24H25Cl2FN6O5.C24H25ClF2N6O5.2C24H26ClFN6O5/c1-13-7-8-17(16(25)10-13)30-23(35)20-19(27)21(26)33(31-20)14(2)38-24(36)32(4)22-15(6-5-9-29-22)12-37-18(34)11-28-3;1-13-7-8-17(16(26)10-13)30-23(35)20-19(27)21(25)33(31-20)14(2)38-24(36)32(4)22-15(6-5-9-29-22)12-37-18(34)11-28-3;1-14-7-8-18(17(26)10-14)29-23(34)19-11-20(25)32(30-19)15(2)37-24(35)31(4)22-16(6-5-9-28-22)13-36-21(33)12-27-3;1-14-7-8-18(17(25)10-14)29-23(34)19-11-20(26)32(30-19)15(2)37-24(35)31(4)22-16(6-5-9-28-22)13-36-21(33)12-27-3/h2*5-10,14,28H,11-12H2,1-4H3,(H,30,35);2*5-11,15,27H,12-13H2,1-4H3,(H,29,34). The summed E-state index contributed by atoms with van der Waals surface area (Å²) in [6.45, 7) is 12.3. The Bertz CT molecular complexity index is 6510. The summed E-state index contributed by atoms with van der Waals surface area (Å²) in [5.41, 5.74) is 3.69. The largest absolute Gasteiger partial charge is 0.460 e. The quantitative estimate of drug-likeness (QED) is 0.0103. The fourth-order valence-corrected chi connectivity index (χ4v) is 14.3. The first-order valence-corrected chi connectivity index (χ1v) is 46.6. The number of likely N-dealkylation sites (N-methyl/N-ethyl adjacent to an activating group) is 4. The molecule has 150 heavy (non-hydrogen) atoms. The number of rotatable bonds is 36. The average molecular weight is 2180 g/mol. The zero-order chi connectivity index (χ0) is 110. The highest BCUT2D eigenvalue weighted by molar-refractivity contribution is 6.35.